The van der Waals surface area contributed by atoms with E-state index in [1.165, 1.54) is 12.3 Å². The van der Waals surface area contributed by atoms with Gasteiger partial charge in [0.05, 0.1) is 18.4 Å². The van der Waals surface area contributed by atoms with Crippen LogP contribution < -0.4 is 4.74 Å². The lowest BCUT2D eigenvalue weighted by molar-refractivity contribution is 0.0683. The van der Waals surface area contributed by atoms with E-state index in [4.69, 9.17) is 30.3 Å². The van der Waals surface area contributed by atoms with Gasteiger partial charge in [0.25, 0.3) is 0 Å². The molecule has 0 aliphatic heterocycles. The fourth-order valence-corrected chi connectivity index (χ4v) is 1.43. The Balaban J connectivity index is 2.47. The Kier molecular flexibility index (Phi) is 3.06. The summed E-state index contributed by atoms with van der Waals surface area (Å²) in [6.07, 6.45) is 1.35. The minimum atomic E-state index is -1.23. The fraction of sp³-hybridized carbons (Fsp3) is 0.200. The van der Waals surface area contributed by atoms with Gasteiger partial charge in [-0.15, -0.1) is 0 Å². The number of aromatic nitrogens is 1. The molecule has 2 aromatic heterocycles. The van der Waals surface area contributed by atoms with Crippen LogP contribution in [-0.4, -0.2) is 22.7 Å². The van der Waals surface area contributed by atoms with Gasteiger partial charge < -0.3 is 18.7 Å². The number of oxazole rings is 1. The highest BCUT2D eigenvalue weighted by molar-refractivity contribution is 6.31. The predicted octanol–water partition coefficient (Wildman–Crippen LogP) is 2.68. The number of carboxylic acid groups (broad SMARTS) is 1. The maximum absolute atomic E-state index is 10.9. The van der Waals surface area contributed by atoms with Crippen LogP contribution in [0.2, 0.25) is 5.22 Å². The molecule has 0 aromatic carbocycles. The second kappa shape index (κ2) is 4.50. The normalized spacial score (nSPS) is 10.5. The minimum absolute atomic E-state index is 0.0459. The molecule has 0 aliphatic rings. The number of aromatic carboxylic acids is 1. The van der Waals surface area contributed by atoms with Gasteiger partial charge in [0.15, 0.2) is 0 Å². The zero-order chi connectivity index (χ0) is 12.4. The maximum atomic E-state index is 10.9. The van der Waals surface area contributed by atoms with E-state index >= 15 is 0 Å². The summed E-state index contributed by atoms with van der Waals surface area (Å²) in [4.78, 5) is 14.7. The van der Waals surface area contributed by atoms with Crippen molar-refractivity contribution in [3.63, 3.8) is 0 Å². The zero-order valence-electron chi connectivity index (χ0n) is 8.77. The summed E-state index contributed by atoms with van der Waals surface area (Å²) in [6.45, 7) is 1.98. The summed E-state index contributed by atoms with van der Waals surface area (Å²) < 4.78 is 15.1. The van der Waals surface area contributed by atoms with Gasteiger partial charge in [0.1, 0.15) is 0 Å². The van der Waals surface area contributed by atoms with Crippen LogP contribution in [-0.2, 0) is 0 Å². The average Bonchev–Trinajstić information content (AvgIpc) is 2.84. The first kappa shape index (κ1) is 11.5. The number of halogens is 1. The molecule has 0 amide bonds. The highest BCUT2D eigenvalue weighted by atomic mass is 35.5. The first-order chi connectivity index (χ1) is 8.13. The quantitative estimate of drug-likeness (QED) is 0.906. The molecule has 1 N–H and O–H groups in total. The van der Waals surface area contributed by atoms with Crippen LogP contribution in [0.1, 0.15) is 17.4 Å². The van der Waals surface area contributed by atoms with E-state index in [0.29, 0.717) is 5.56 Å². The fourth-order valence-electron chi connectivity index (χ4n) is 1.23. The Bertz CT molecular complexity index is 545. The summed E-state index contributed by atoms with van der Waals surface area (Å²) in [5.41, 5.74) is 0.0826. The molecule has 90 valence electrons. The third kappa shape index (κ3) is 2.12. The highest BCUT2D eigenvalue weighted by Crippen LogP contribution is 2.32. The van der Waals surface area contributed by atoms with Crippen LogP contribution in [0.4, 0.5) is 0 Å². The molecule has 0 aliphatic carbocycles. The lowest BCUT2D eigenvalue weighted by atomic mass is 10.3. The van der Waals surface area contributed by atoms with Gasteiger partial charge in [-0.2, -0.15) is 4.98 Å². The van der Waals surface area contributed by atoms with Crippen molar-refractivity contribution in [1.29, 1.82) is 0 Å². The number of rotatable bonds is 4. The van der Waals surface area contributed by atoms with Gasteiger partial charge in [0.2, 0.25) is 16.8 Å². The SMILES string of the molecule is CCOc1oc(-c2ccoc2Cl)nc1C(=O)O. The molecule has 7 heteroatoms. The van der Waals surface area contributed by atoms with Crippen LogP contribution in [0.15, 0.2) is 21.2 Å². The van der Waals surface area contributed by atoms with Crippen LogP contribution in [0.3, 0.4) is 0 Å². The molecule has 17 heavy (non-hydrogen) atoms. The molecule has 0 saturated carbocycles. The molecule has 0 radical (unpaired) electrons. The third-order valence-corrected chi connectivity index (χ3v) is 2.22. The third-order valence-electron chi connectivity index (χ3n) is 1.92. The van der Waals surface area contributed by atoms with Gasteiger partial charge in [-0.1, -0.05) is 0 Å². The van der Waals surface area contributed by atoms with E-state index in [-0.39, 0.29) is 29.4 Å². The first-order valence-electron chi connectivity index (χ1n) is 4.73. The summed E-state index contributed by atoms with van der Waals surface area (Å²) in [5, 5.41) is 8.99. The topological polar surface area (TPSA) is 85.7 Å². The van der Waals surface area contributed by atoms with Crippen molar-refractivity contribution in [2.45, 2.75) is 6.92 Å². The van der Waals surface area contributed by atoms with E-state index in [2.05, 4.69) is 4.98 Å². The number of carbonyl (C=O) groups is 1. The Morgan fingerprint density at radius 2 is 2.41 bits per heavy atom. The summed E-state index contributed by atoms with van der Waals surface area (Å²) in [5.74, 6) is -1.33. The van der Waals surface area contributed by atoms with Crippen LogP contribution in [0.25, 0.3) is 11.5 Å². The van der Waals surface area contributed by atoms with Gasteiger partial charge >= 0.3 is 11.9 Å². The number of furan rings is 1. The summed E-state index contributed by atoms with van der Waals surface area (Å²) in [7, 11) is 0. The summed E-state index contributed by atoms with van der Waals surface area (Å²) >= 11 is 5.74. The molecule has 6 nitrogen and oxygen atoms in total. The molecule has 0 spiro atoms. The molecule has 0 fully saturated rings. The molecule has 2 heterocycles. The van der Waals surface area contributed by atoms with E-state index in [0.717, 1.165) is 0 Å². The lowest BCUT2D eigenvalue weighted by Crippen LogP contribution is -2.01. The Labute approximate surface area is 101 Å². The molecule has 0 atom stereocenters. The molecular formula is C10H8ClNO5. The largest absolute Gasteiger partial charge is 0.476 e. The van der Waals surface area contributed by atoms with E-state index in [9.17, 15) is 4.79 Å². The van der Waals surface area contributed by atoms with Gasteiger partial charge in [-0.3, -0.25) is 0 Å². The predicted molar refractivity (Wildman–Crippen MR) is 57.3 cm³/mol. The molecular weight excluding hydrogens is 250 g/mol. The average molecular weight is 258 g/mol. The lowest BCUT2D eigenvalue weighted by Gasteiger charge is -1.96. The van der Waals surface area contributed by atoms with Crippen molar-refractivity contribution in [2.24, 2.45) is 0 Å². The number of carboxylic acids is 1. The monoisotopic (exact) mass is 257 g/mol. The van der Waals surface area contributed by atoms with Crippen molar-refractivity contribution in [2.75, 3.05) is 6.61 Å². The minimum Gasteiger partial charge on any atom is -0.476 e. The summed E-state index contributed by atoms with van der Waals surface area (Å²) in [6, 6.07) is 1.52. The van der Waals surface area contributed by atoms with E-state index in [1.807, 2.05) is 0 Å². The molecule has 0 unspecified atom stereocenters. The standard InChI is InChI=1S/C10H8ClNO5/c1-2-15-10-6(9(13)14)12-8(17-10)5-3-4-16-7(5)11/h3-4H,2H2,1H3,(H,13,14). The second-order valence-electron chi connectivity index (χ2n) is 3.00. The molecule has 0 bridgehead atoms. The molecule has 2 aromatic rings. The van der Waals surface area contributed by atoms with Crippen LogP contribution in [0.5, 0.6) is 5.95 Å². The Hall–Kier alpha value is -1.95. The van der Waals surface area contributed by atoms with Crippen molar-refractivity contribution in [3.05, 3.63) is 23.2 Å². The van der Waals surface area contributed by atoms with E-state index < -0.39 is 5.97 Å². The van der Waals surface area contributed by atoms with Crippen LogP contribution in [0, 0.1) is 0 Å². The Morgan fingerprint density at radius 3 is 2.94 bits per heavy atom. The van der Waals surface area contributed by atoms with Gasteiger partial charge in [-0.25, -0.2) is 4.79 Å². The number of hydrogen-bond donors (Lipinski definition) is 1. The van der Waals surface area contributed by atoms with E-state index in [1.54, 1.807) is 6.92 Å². The molecule has 2 rings (SSSR count). The maximum Gasteiger partial charge on any atom is 0.362 e. The van der Waals surface area contributed by atoms with Crippen molar-refractivity contribution >= 4 is 17.6 Å². The Morgan fingerprint density at radius 1 is 1.65 bits per heavy atom. The number of nitrogens with zero attached hydrogens (tertiary/aromatic N) is 1. The number of ether oxygens (including phenoxy) is 1. The van der Waals surface area contributed by atoms with Crippen molar-refractivity contribution < 1.29 is 23.5 Å². The second-order valence-corrected chi connectivity index (χ2v) is 3.34. The zero-order valence-corrected chi connectivity index (χ0v) is 9.52. The molecule has 0 saturated heterocycles. The highest BCUT2D eigenvalue weighted by Gasteiger charge is 2.23. The van der Waals surface area contributed by atoms with Crippen molar-refractivity contribution in [3.8, 4) is 17.4 Å². The van der Waals surface area contributed by atoms with Gasteiger partial charge in [-0.05, 0) is 24.6 Å². The van der Waals surface area contributed by atoms with Gasteiger partial charge in [0, 0.05) is 0 Å². The van der Waals surface area contributed by atoms with Crippen molar-refractivity contribution in [1.82, 2.24) is 4.98 Å². The van der Waals surface area contributed by atoms with Crippen LogP contribution >= 0.6 is 11.6 Å². The smallest absolute Gasteiger partial charge is 0.362 e. The first-order valence-corrected chi connectivity index (χ1v) is 5.11. The number of hydrogen-bond acceptors (Lipinski definition) is 5.